The number of nitrogens with zero attached hydrogens (tertiary/aromatic N) is 2. The average molecular weight is 351 g/mol. The van der Waals surface area contributed by atoms with Crippen LogP contribution in [0.4, 0.5) is 4.39 Å². The number of aromatic nitrogens is 2. The van der Waals surface area contributed by atoms with Gasteiger partial charge in [0, 0.05) is 24.9 Å². The SMILES string of the molecule is CS(=O)(=O)c1cn[nH]c1CC1CCCN(Cc2ccccc2F)C1. The van der Waals surface area contributed by atoms with E-state index in [1.807, 2.05) is 12.1 Å². The molecule has 2 aromatic rings. The zero-order chi connectivity index (χ0) is 17.2. The largest absolute Gasteiger partial charge is 0.299 e. The van der Waals surface area contributed by atoms with Crippen molar-refractivity contribution in [2.45, 2.75) is 30.7 Å². The van der Waals surface area contributed by atoms with Crippen molar-refractivity contribution in [2.24, 2.45) is 5.92 Å². The van der Waals surface area contributed by atoms with E-state index < -0.39 is 9.84 Å². The van der Waals surface area contributed by atoms with Gasteiger partial charge in [0.1, 0.15) is 10.7 Å². The summed E-state index contributed by atoms with van der Waals surface area (Å²) in [6.07, 6.45) is 5.30. The molecule has 24 heavy (non-hydrogen) atoms. The fourth-order valence-corrected chi connectivity index (χ4v) is 4.21. The van der Waals surface area contributed by atoms with Crippen LogP contribution in [0, 0.1) is 11.7 Å². The van der Waals surface area contributed by atoms with E-state index in [1.54, 1.807) is 6.07 Å². The molecule has 0 radical (unpaired) electrons. The Morgan fingerprint density at radius 1 is 1.38 bits per heavy atom. The third-order valence-electron chi connectivity index (χ3n) is 4.53. The summed E-state index contributed by atoms with van der Waals surface area (Å²) in [5, 5.41) is 6.71. The monoisotopic (exact) mass is 351 g/mol. The molecule has 1 saturated heterocycles. The topological polar surface area (TPSA) is 66.1 Å². The van der Waals surface area contributed by atoms with Crippen LogP contribution in [0.15, 0.2) is 35.4 Å². The maximum absolute atomic E-state index is 13.8. The van der Waals surface area contributed by atoms with Gasteiger partial charge in [0.25, 0.3) is 0 Å². The van der Waals surface area contributed by atoms with Crippen LogP contribution in [0.1, 0.15) is 24.1 Å². The van der Waals surface area contributed by atoms with Crippen molar-refractivity contribution >= 4 is 9.84 Å². The Morgan fingerprint density at radius 2 is 2.17 bits per heavy atom. The summed E-state index contributed by atoms with van der Waals surface area (Å²) >= 11 is 0. The van der Waals surface area contributed by atoms with Crippen LogP contribution in [0.2, 0.25) is 0 Å². The standard InChI is InChI=1S/C17H22FN3O2S/c1-24(22,23)17-10-19-20-16(17)9-13-5-4-8-21(11-13)12-14-6-2-3-7-15(14)18/h2-3,6-7,10,13H,4-5,8-9,11-12H2,1H3,(H,19,20). The minimum atomic E-state index is -3.27. The number of sulfone groups is 1. The van der Waals surface area contributed by atoms with E-state index >= 15 is 0 Å². The van der Waals surface area contributed by atoms with E-state index in [-0.39, 0.29) is 10.7 Å². The van der Waals surface area contributed by atoms with Gasteiger partial charge in [-0.1, -0.05) is 18.2 Å². The quantitative estimate of drug-likeness (QED) is 0.898. The van der Waals surface area contributed by atoms with Gasteiger partial charge in [-0.05, 0) is 37.8 Å². The van der Waals surface area contributed by atoms with Gasteiger partial charge in [0.15, 0.2) is 9.84 Å². The lowest BCUT2D eigenvalue weighted by molar-refractivity contribution is 0.164. The summed E-state index contributed by atoms with van der Waals surface area (Å²) < 4.78 is 37.4. The predicted molar refractivity (Wildman–Crippen MR) is 89.8 cm³/mol. The Balaban J connectivity index is 1.66. The van der Waals surface area contributed by atoms with E-state index in [1.165, 1.54) is 18.5 Å². The van der Waals surface area contributed by atoms with Crippen LogP contribution >= 0.6 is 0 Å². The molecule has 1 aliphatic heterocycles. The van der Waals surface area contributed by atoms with Crippen LogP contribution in [-0.4, -0.2) is 42.9 Å². The Kier molecular flexibility index (Phi) is 5.01. The van der Waals surface area contributed by atoms with E-state index in [4.69, 9.17) is 0 Å². The highest BCUT2D eigenvalue weighted by Gasteiger charge is 2.24. The van der Waals surface area contributed by atoms with E-state index in [0.29, 0.717) is 30.1 Å². The highest BCUT2D eigenvalue weighted by Crippen LogP contribution is 2.24. The lowest BCUT2D eigenvalue weighted by atomic mass is 9.93. The highest BCUT2D eigenvalue weighted by molar-refractivity contribution is 7.90. The lowest BCUT2D eigenvalue weighted by Gasteiger charge is -2.32. The van der Waals surface area contributed by atoms with E-state index in [2.05, 4.69) is 15.1 Å². The van der Waals surface area contributed by atoms with E-state index in [0.717, 1.165) is 25.9 Å². The first-order chi connectivity index (χ1) is 11.4. The van der Waals surface area contributed by atoms with Crippen molar-refractivity contribution in [3.8, 4) is 0 Å². The fourth-order valence-electron chi connectivity index (χ4n) is 3.39. The highest BCUT2D eigenvalue weighted by atomic mass is 32.2. The number of halogens is 1. The number of H-pyrrole nitrogens is 1. The van der Waals surface area contributed by atoms with Crippen LogP contribution in [0.3, 0.4) is 0 Å². The smallest absolute Gasteiger partial charge is 0.178 e. The number of benzene rings is 1. The third-order valence-corrected chi connectivity index (χ3v) is 5.68. The predicted octanol–water partition coefficient (Wildman–Crippen LogP) is 2.41. The maximum Gasteiger partial charge on any atom is 0.178 e. The molecule has 0 saturated carbocycles. The summed E-state index contributed by atoms with van der Waals surface area (Å²) in [5.74, 6) is 0.166. The molecule has 0 bridgehead atoms. The molecule has 130 valence electrons. The molecule has 2 heterocycles. The molecule has 1 atom stereocenters. The number of hydrogen-bond acceptors (Lipinski definition) is 4. The molecule has 0 aliphatic carbocycles. The molecular weight excluding hydrogens is 329 g/mol. The van der Waals surface area contributed by atoms with Crippen LogP contribution in [0.25, 0.3) is 0 Å². The first-order valence-corrected chi connectivity index (χ1v) is 10.0. The summed E-state index contributed by atoms with van der Waals surface area (Å²) in [4.78, 5) is 2.53. The normalized spacial score (nSPS) is 19.5. The fraction of sp³-hybridized carbons (Fsp3) is 0.471. The first kappa shape index (κ1) is 17.1. The van der Waals surface area contributed by atoms with Gasteiger partial charge in [-0.15, -0.1) is 0 Å². The average Bonchev–Trinajstić information content (AvgIpc) is 2.98. The second kappa shape index (κ2) is 7.03. The molecule has 0 spiro atoms. The summed E-state index contributed by atoms with van der Waals surface area (Å²) in [7, 11) is -3.27. The van der Waals surface area contributed by atoms with Crippen molar-refractivity contribution in [3.63, 3.8) is 0 Å². The van der Waals surface area contributed by atoms with Crippen LogP contribution in [-0.2, 0) is 22.8 Å². The number of nitrogens with one attached hydrogen (secondary N) is 1. The van der Waals surface area contributed by atoms with E-state index in [9.17, 15) is 12.8 Å². The number of aromatic amines is 1. The van der Waals surface area contributed by atoms with Crippen molar-refractivity contribution < 1.29 is 12.8 Å². The van der Waals surface area contributed by atoms with Crippen molar-refractivity contribution in [1.29, 1.82) is 0 Å². The maximum atomic E-state index is 13.8. The van der Waals surface area contributed by atoms with Gasteiger partial charge in [-0.25, -0.2) is 12.8 Å². The third kappa shape index (κ3) is 4.02. The van der Waals surface area contributed by atoms with Crippen molar-refractivity contribution in [1.82, 2.24) is 15.1 Å². The number of rotatable bonds is 5. The molecule has 3 rings (SSSR count). The van der Waals surface area contributed by atoms with Gasteiger partial charge < -0.3 is 0 Å². The molecule has 1 aliphatic rings. The summed E-state index contributed by atoms with van der Waals surface area (Å²) in [6.45, 7) is 2.36. The molecule has 1 fully saturated rings. The van der Waals surface area contributed by atoms with Crippen LogP contribution < -0.4 is 0 Å². The minimum Gasteiger partial charge on any atom is -0.299 e. The van der Waals surface area contributed by atoms with Gasteiger partial charge in [0.05, 0.1) is 11.9 Å². The second-order valence-corrected chi connectivity index (χ2v) is 8.51. The molecule has 1 aromatic carbocycles. The summed E-state index contributed by atoms with van der Waals surface area (Å²) in [5.41, 5.74) is 1.38. The molecule has 1 unspecified atom stereocenters. The molecule has 5 nitrogen and oxygen atoms in total. The van der Waals surface area contributed by atoms with Crippen LogP contribution in [0.5, 0.6) is 0 Å². The van der Waals surface area contributed by atoms with Gasteiger partial charge in [-0.2, -0.15) is 5.10 Å². The van der Waals surface area contributed by atoms with Gasteiger partial charge in [-0.3, -0.25) is 10.00 Å². The second-order valence-electron chi connectivity index (χ2n) is 6.52. The Bertz CT molecular complexity index is 804. The zero-order valence-corrected chi connectivity index (χ0v) is 14.5. The lowest BCUT2D eigenvalue weighted by Crippen LogP contribution is -2.36. The Morgan fingerprint density at radius 3 is 2.92 bits per heavy atom. The molecular formula is C17H22FN3O2S. The Labute approximate surface area is 141 Å². The minimum absolute atomic E-state index is 0.174. The summed E-state index contributed by atoms with van der Waals surface area (Å²) in [6, 6.07) is 6.85. The molecule has 0 amide bonds. The number of piperidine rings is 1. The zero-order valence-electron chi connectivity index (χ0n) is 13.7. The number of likely N-dealkylation sites (tertiary alicyclic amines) is 1. The van der Waals surface area contributed by atoms with Gasteiger partial charge in [0.2, 0.25) is 0 Å². The number of hydrogen-bond donors (Lipinski definition) is 1. The first-order valence-electron chi connectivity index (χ1n) is 8.11. The molecule has 7 heteroatoms. The van der Waals surface area contributed by atoms with Crippen molar-refractivity contribution in [3.05, 3.63) is 47.5 Å². The molecule has 1 aromatic heterocycles. The Hall–Kier alpha value is -1.73. The molecule has 1 N–H and O–H groups in total. The van der Waals surface area contributed by atoms with Crippen molar-refractivity contribution in [2.75, 3.05) is 19.3 Å². The van der Waals surface area contributed by atoms with Gasteiger partial charge >= 0.3 is 0 Å².